The van der Waals surface area contributed by atoms with Crippen LogP contribution in [0, 0.1) is 0 Å². The van der Waals surface area contributed by atoms with Crippen molar-refractivity contribution in [1.29, 1.82) is 0 Å². The fraction of sp³-hybridized carbons (Fsp3) is 0.200. The molecule has 0 bridgehead atoms. The third-order valence-corrected chi connectivity index (χ3v) is 2.73. The zero-order chi connectivity index (χ0) is 11.3. The van der Waals surface area contributed by atoms with E-state index in [-0.39, 0.29) is 4.90 Å². The van der Waals surface area contributed by atoms with E-state index in [1.54, 1.807) is 12.1 Å². The molecule has 3 N–H and O–H groups in total. The summed E-state index contributed by atoms with van der Waals surface area (Å²) in [5.74, 6) is 0. The number of nitrogens with one attached hydrogen (secondary N) is 1. The molecule has 0 radical (unpaired) electrons. The van der Waals surface area contributed by atoms with E-state index in [0.717, 1.165) is 12.1 Å². The van der Waals surface area contributed by atoms with Gasteiger partial charge in [0, 0.05) is 6.54 Å². The number of hydrogen-bond acceptors (Lipinski definition) is 3. The van der Waals surface area contributed by atoms with Crippen molar-refractivity contribution >= 4 is 16.1 Å². The second-order valence-corrected chi connectivity index (χ2v) is 4.64. The summed E-state index contributed by atoms with van der Waals surface area (Å²) in [7, 11) is -1.77. The van der Waals surface area contributed by atoms with Crippen LogP contribution in [-0.4, -0.2) is 22.0 Å². The van der Waals surface area contributed by atoms with E-state index in [0.29, 0.717) is 0 Å². The van der Waals surface area contributed by atoms with Gasteiger partial charge in [0.15, 0.2) is 0 Å². The lowest BCUT2D eigenvalue weighted by molar-refractivity contribution is 0.598. The third kappa shape index (κ3) is 3.83. The highest BCUT2D eigenvalue weighted by molar-refractivity contribution is 7.89. The second kappa shape index (κ2) is 5.06. The molecule has 0 saturated heterocycles. The van der Waals surface area contributed by atoms with Crippen molar-refractivity contribution in [2.24, 2.45) is 5.14 Å². The molecule has 0 aliphatic rings. The van der Waals surface area contributed by atoms with Gasteiger partial charge in [-0.25, -0.2) is 13.6 Å². The monoisotopic (exact) mass is 226 g/mol. The average molecular weight is 226 g/mol. The van der Waals surface area contributed by atoms with Crippen molar-refractivity contribution in [1.82, 2.24) is 5.32 Å². The molecular formula is C10H14N2O2S. The number of hydrogen-bond donors (Lipinski definition) is 2. The second-order valence-electron chi connectivity index (χ2n) is 3.08. The molecule has 1 rings (SSSR count). The van der Waals surface area contributed by atoms with Crippen LogP contribution in [0.25, 0.3) is 6.08 Å². The van der Waals surface area contributed by atoms with Crippen LogP contribution in [0.3, 0.4) is 0 Å². The van der Waals surface area contributed by atoms with Gasteiger partial charge in [-0.3, -0.25) is 0 Å². The largest absolute Gasteiger partial charge is 0.316 e. The SMILES string of the molecule is CNCC=Cc1cccc(S(N)(=O)=O)c1. The Morgan fingerprint density at radius 2 is 2.20 bits per heavy atom. The van der Waals surface area contributed by atoms with E-state index in [1.165, 1.54) is 6.07 Å². The minimum atomic E-state index is -3.61. The smallest absolute Gasteiger partial charge is 0.238 e. The highest BCUT2D eigenvalue weighted by Gasteiger charge is 2.06. The number of benzene rings is 1. The lowest BCUT2D eigenvalue weighted by Crippen LogP contribution is -2.11. The first-order chi connectivity index (χ1) is 7.04. The van der Waals surface area contributed by atoms with Gasteiger partial charge in [0.25, 0.3) is 0 Å². The lowest BCUT2D eigenvalue weighted by atomic mass is 10.2. The Labute approximate surface area is 89.9 Å². The van der Waals surface area contributed by atoms with Crippen LogP contribution in [0.4, 0.5) is 0 Å². The molecule has 0 saturated carbocycles. The minimum absolute atomic E-state index is 0.133. The average Bonchev–Trinajstić information content (AvgIpc) is 2.17. The maximum Gasteiger partial charge on any atom is 0.238 e. The third-order valence-electron chi connectivity index (χ3n) is 1.82. The van der Waals surface area contributed by atoms with Gasteiger partial charge in [0.1, 0.15) is 0 Å². The maximum atomic E-state index is 11.1. The van der Waals surface area contributed by atoms with Crippen molar-refractivity contribution in [3.8, 4) is 0 Å². The number of primary sulfonamides is 1. The molecule has 0 heterocycles. The molecule has 0 atom stereocenters. The number of sulfonamides is 1. The Balaban J connectivity index is 2.94. The van der Waals surface area contributed by atoms with Gasteiger partial charge >= 0.3 is 0 Å². The Hall–Kier alpha value is -1.17. The van der Waals surface area contributed by atoms with Crippen LogP contribution in [0.1, 0.15) is 5.56 Å². The van der Waals surface area contributed by atoms with Gasteiger partial charge in [-0.05, 0) is 24.7 Å². The Kier molecular flexibility index (Phi) is 4.02. The van der Waals surface area contributed by atoms with Crippen molar-refractivity contribution in [2.75, 3.05) is 13.6 Å². The van der Waals surface area contributed by atoms with E-state index < -0.39 is 10.0 Å². The number of nitrogens with two attached hydrogens (primary N) is 1. The summed E-state index contributed by atoms with van der Waals surface area (Å²) in [6.45, 7) is 0.736. The Bertz CT molecular complexity index is 452. The predicted molar refractivity (Wildman–Crippen MR) is 60.8 cm³/mol. The summed E-state index contributed by atoms with van der Waals surface area (Å²) < 4.78 is 22.1. The molecule has 0 aromatic heterocycles. The van der Waals surface area contributed by atoms with Crippen molar-refractivity contribution < 1.29 is 8.42 Å². The van der Waals surface area contributed by atoms with Gasteiger partial charge in [-0.15, -0.1) is 0 Å². The molecule has 0 spiro atoms. The fourth-order valence-corrected chi connectivity index (χ4v) is 1.68. The molecule has 0 unspecified atom stereocenters. The minimum Gasteiger partial charge on any atom is -0.316 e. The van der Waals surface area contributed by atoms with Gasteiger partial charge in [-0.1, -0.05) is 24.3 Å². The molecule has 1 aromatic rings. The predicted octanol–water partition coefficient (Wildman–Crippen LogP) is 0.567. The normalized spacial score (nSPS) is 12.1. The Morgan fingerprint density at radius 1 is 1.47 bits per heavy atom. The first-order valence-corrected chi connectivity index (χ1v) is 6.02. The van der Waals surface area contributed by atoms with Crippen LogP contribution in [0.15, 0.2) is 35.2 Å². The molecule has 5 heteroatoms. The molecule has 0 amide bonds. The molecule has 1 aromatic carbocycles. The van der Waals surface area contributed by atoms with Gasteiger partial charge < -0.3 is 5.32 Å². The molecule has 0 aliphatic heterocycles. The van der Waals surface area contributed by atoms with E-state index >= 15 is 0 Å². The first-order valence-electron chi connectivity index (χ1n) is 4.48. The summed E-state index contributed by atoms with van der Waals surface area (Å²) >= 11 is 0. The van der Waals surface area contributed by atoms with E-state index in [2.05, 4.69) is 5.32 Å². The number of rotatable bonds is 4. The zero-order valence-electron chi connectivity index (χ0n) is 8.47. The van der Waals surface area contributed by atoms with Crippen LogP contribution < -0.4 is 10.5 Å². The fourth-order valence-electron chi connectivity index (χ4n) is 1.11. The Morgan fingerprint density at radius 3 is 2.80 bits per heavy atom. The van der Waals surface area contributed by atoms with E-state index in [1.807, 2.05) is 25.3 Å². The van der Waals surface area contributed by atoms with Crippen LogP contribution >= 0.6 is 0 Å². The van der Waals surface area contributed by atoms with E-state index in [4.69, 9.17) is 5.14 Å². The highest BCUT2D eigenvalue weighted by Crippen LogP contribution is 2.10. The van der Waals surface area contributed by atoms with Gasteiger partial charge in [0.2, 0.25) is 10.0 Å². The molecule has 4 nitrogen and oxygen atoms in total. The first kappa shape index (κ1) is 11.9. The number of likely N-dealkylation sites (N-methyl/N-ethyl adjacent to an activating group) is 1. The van der Waals surface area contributed by atoms with Crippen LogP contribution in [-0.2, 0) is 10.0 Å². The summed E-state index contributed by atoms with van der Waals surface area (Å²) in [4.78, 5) is 0.133. The highest BCUT2D eigenvalue weighted by atomic mass is 32.2. The molecule has 0 fully saturated rings. The summed E-state index contributed by atoms with van der Waals surface area (Å²) in [6, 6.07) is 6.51. The maximum absolute atomic E-state index is 11.1. The summed E-state index contributed by atoms with van der Waals surface area (Å²) in [5, 5.41) is 7.97. The molecule has 0 aliphatic carbocycles. The summed E-state index contributed by atoms with van der Waals surface area (Å²) in [5.41, 5.74) is 0.816. The van der Waals surface area contributed by atoms with Gasteiger partial charge in [-0.2, -0.15) is 0 Å². The zero-order valence-corrected chi connectivity index (χ0v) is 9.29. The van der Waals surface area contributed by atoms with Crippen molar-refractivity contribution in [3.63, 3.8) is 0 Å². The van der Waals surface area contributed by atoms with Crippen molar-refractivity contribution in [3.05, 3.63) is 35.9 Å². The van der Waals surface area contributed by atoms with E-state index in [9.17, 15) is 8.42 Å². The lowest BCUT2D eigenvalue weighted by Gasteiger charge is -1.99. The van der Waals surface area contributed by atoms with Crippen molar-refractivity contribution in [2.45, 2.75) is 4.90 Å². The quantitative estimate of drug-likeness (QED) is 0.788. The topological polar surface area (TPSA) is 72.2 Å². The summed E-state index contributed by atoms with van der Waals surface area (Å²) in [6.07, 6.45) is 3.74. The molecule has 15 heavy (non-hydrogen) atoms. The standard InChI is InChI=1S/C10H14N2O2S/c1-12-7-3-5-9-4-2-6-10(8-9)15(11,13)14/h2-6,8,12H,7H2,1H3,(H2,11,13,14). The van der Waals surface area contributed by atoms with Crippen LogP contribution in [0.5, 0.6) is 0 Å². The van der Waals surface area contributed by atoms with Crippen LogP contribution in [0.2, 0.25) is 0 Å². The molecule has 82 valence electrons. The molecular weight excluding hydrogens is 212 g/mol. The van der Waals surface area contributed by atoms with Gasteiger partial charge in [0.05, 0.1) is 4.90 Å².